The Morgan fingerprint density at radius 2 is 1.76 bits per heavy atom. The average Bonchev–Trinajstić information content (AvgIpc) is 2.86. The van der Waals surface area contributed by atoms with Gasteiger partial charge in [-0.2, -0.15) is 0 Å². The van der Waals surface area contributed by atoms with Crippen LogP contribution in [0.4, 0.5) is 0 Å². The molecule has 0 saturated carbocycles. The molecule has 1 aliphatic rings. The predicted molar refractivity (Wildman–Crippen MR) is 136 cm³/mol. The van der Waals surface area contributed by atoms with Crippen LogP contribution in [0.2, 0.25) is 0 Å². The van der Waals surface area contributed by atoms with E-state index < -0.39 is 11.7 Å². The highest BCUT2D eigenvalue weighted by Crippen LogP contribution is 2.37. The topological polar surface area (TPSA) is 54.7 Å². The molecule has 1 aliphatic heterocycles. The first-order valence-electron chi connectivity index (χ1n) is 12.0. The summed E-state index contributed by atoms with van der Waals surface area (Å²) in [6.07, 6.45) is 6.12. The van der Waals surface area contributed by atoms with Crippen LogP contribution < -0.4 is 5.56 Å². The lowest BCUT2D eigenvalue weighted by atomic mass is 9.87. The molecule has 0 saturated heterocycles. The lowest BCUT2D eigenvalue weighted by Crippen LogP contribution is -2.40. The molecule has 3 aromatic rings. The maximum atomic E-state index is 12.2. The molecule has 5 heteroatoms. The highest BCUT2D eigenvalue weighted by atomic mass is 16.5. The summed E-state index contributed by atoms with van der Waals surface area (Å²) in [5.41, 5.74) is 4.56. The molecule has 0 amide bonds. The number of rotatable bonds is 7. The van der Waals surface area contributed by atoms with Crippen molar-refractivity contribution >= 4 is 0 Å². The first kappa shape index (κ1) is 24.0. The second kappa shape index (κ2) is 10.00. The van der Waals surface area contributed by atoms with Gasteiger partial charge in [-0.05, 0) is 62.1 Å². The fourth-order valence-electron chi connectivity index (χ4n) is 4.65. The molecule has 5 nitrogen and oxygen atoms in total. The number of hydrogen-bond acceptors (Lipinski definition) is 4. The van der Waals surface area contributed by atoms with E-state index in [1.54, 1.807) is 11.5 Å². The smallest absolute Gasteiger partial charge is 0.253 e. The minimum atomic E-state index is -0.629. The second-order valence-corrected chi connectivity index (χ2v) is 9.21. The van der Waals surface area contributed by atoms with Crippen molar-refractivity contribution in [3.05, 3.63) is 106 Å². The third-order valence-corrected chi connectivity index (χ3v) is 6.70. The average molecular weight is 459 g/mol. The van der Waals surface area contributed by atoms with Gasteiger partial charge in [-0.1, -0.05) is 54.6 Å². The molecule has 178 valence electrons. The number of aromatic nitrogens is 1. The number of nitrogens with zero attached hydrogens (tertiary/aromatic N) is 2. The van der Waals surface area contributed by atoms with Crippen molar-refractivity contribution in [3.8, 4) is 11.1 Å². The van der Waals surface area contributed by atoms with E-state index in [1.807, 2.05) is 56.4 Å². The fourth-order valence-corrected chi connectivity index (χ4v) is 4.65. The standard InChI is InChI=1S/C29H34N2O3/c1-5-30-19-26(17-21(2)28(30)33)25-13-11-24(12-14-25)23(4)31-16-15-29(34-20-31,18-22(3)32)27-9-7-6-8-10-27/h6-17,19,22-23,32H,5,18,20H2,1-4H3/t22?,23-,29?/m0/s1. The molecule has 1 N–H and O–H groups in total. The van der Waals surface area contributed by atoms with Gasteiger partial charge in [0.05, 0.1) is 12.1 Å². The van der Waals surface area contributed by atoms with E-state index in [0.29, 0.717) is 19.7 Å². The zero-order valence-corrected chi connectivity index (χ0v) is 20.4. The van der Waals surface area contributed by atoms with E-state index in [1.165, 1.54) is 5.56 Å². The molecule has 0 fully saturated rings. The molecular formula is C29H34N2O3. The Bertz CT molecular complexity index is 1200. The lowest BCUT2D eigenvalue weighted by Gasteiger charge is -2.41. The van der Waals surface area contributed by atoms with Crippen LogP contribution in [0.25, 0.3) is 11.1 Å². The van der Waals surface area contributed by atoms with Gasteiger partial charge in [0.15, 0.2) is 0 Å². The van der Waals surface area contributed by atoms with Crippen LogP contribution in [0.15, 0.2) is 83.9 Å². The molecule has 0 radical (unpaired) electrons. The van der Waals surface area contributed by atoms with E-state index in [-0.39, 0.29) is 11.6 Å². The SMILES string of the molecule is CCn1cc(-c2ccc([C@H](C)N3C=CC(CC(C)O)(c4ccccc4)OC3)cc2)cc(C)c1=O. The number of ether oxygens (including phenoxy) is 1. The Kier molecular flexibility index (Phi) is 7.05. The normalized spacial score (nSPS) is 19.7. The molecule has 3 atom stereocenters. The van der Waals surface area contributed by atoms with Crippen molar-refractivity contribution in [2.45, 2.75) is 58.4 Å². The maximum Gasteiger partial charge on any atom is 0.253 e. The third-order valence-electron chi connectivity index (χ3n) is 6.70. The first-order chi connectivity index (χ1) is 16.3. The Morgan fingerprint density at radius 3 is 2.35 bits per heavy atom. The fraction of sp³-hybridized carbons (Fsp3) is 0.345. The molecule has 0 bridgehead atoms. The van der Waals surface area contributed by atoms with Crippen LogP contribution in [0.5, 0.6) is 0 Å². The minimum absolute atomic E-state index is 0.0653. The summed E-state index contributed by atoms with van der Waals surface area (Å²) < 4.78 is 8.16. The lowest BCUT2D eigenvalue weighted by molar-refractivity contribution is -0.1000. The molecule has 2 unspecified atom stereocenters. The Hall–Kier alpha value is -3.15. The number of aliphatic hydroxyl groups is 1. The largest absolute Gasteiger partial charge is 0.393 e. The summed E-state index contributed by atoms with van der Waals surface area (Å²) in [5.74, 6) is 0. The predicted octanol–water partition coefficient (Wildman–Crippen LogP) is 5.37. The minimum Gasteiger partial charge on any atom is -0.393 e. The van der Waals surface area contributed by atoms with E-state index in [9.17, 15) is 9.90 Å². The van der Waals surface area contributed by atoms with Crippen LogP contribution in [0.3, 0.4) is 0 Å². The molecule has 2 aromatic carbocycles. The third kappa shape index (κ3) is 4.86. The number of pyridine rings is 1. The number of benzene rings is 2. The van der Waals surface area contributed by atoms with Crippen molar-refractivity contribution in [3.63, 3.8) is 0 Å². The van der Waals surface area contributed by atoms with Crippen LogP contribution in [-0.2, 0) is 16.9 Å². The van der Waals surface area contributed by atoms with E-state index in [2.05, 4.69) is 48.4 Å². The quantitative estimate of drug-likeness (QED) is 0.517. The van der Waals surface area contributed by atoms with Gasteiger partial charge in [0.25, 0.3) is 5.56 Å². The summed E-state index contributed by atoms with van der Waals surface area (Å²) >= 11 is 0. The van der Waals surface area contributed by atoms with E-state index in [0.717, 1.165) is 22.3 Å². The number of hydrogen-bond donors (Lipinski definition) is 1. The Morgan fingerprint density at radius 1 is 1.06 bits per heavy atom. The summed E-state index contributed by atoms with van der Waals surface area (Å²) in [4.78, 5) is 14.4. The molecule has 2 heterocycles. The Labute approximate surface area is 201 Å². The highest BCUT2D eigenvalue weighted by molar-refractivity contribution is 5.63. The van der Waals surface area contributed by atoms with Crippen LogP contribution in [0, 0.1) is 6.92 Å². The molecular weight excluding hydrogens is 424 g/mol. The summed E-state index contributed by atoms with van der Waals surface area (Å²) in [5, 5.41) is 10.1. The monoisotopic (exact) mass is 458 g/mol. The van der Waals surface area contributed by atoms with Crippen molar-refractivity contribution in [1.82, 2.24) is 9.47 Å². The van der Waals surface area contributed by atoms with Crippen molar-refractivity contribution in [1.29, 1.82) is 0 Å². The molecule has 34 heavy (non-hydrogen) atoms. The van der Waals surface area contributed by atoms with Gasteiger partial charge < -0.3 is 19.3 Å². The van der Waals surface area contributed by atoms with Gasteiger partial charge in [0, 0.05) is 30.9 Å². The first-order valence-corrected chi connectivity index (χ1v) is 12.0. The van der Waals surface area contributed by atoms with Gasteiger partial charge >= 0.3 is 0 Å². The van der Waals surface area contributed by atoms with Gasteiger partial charge in [0.1, 0.15) is 12.3 Å². The summed E-state index contributed by atoms with van der Waals surface area (Å²) in [6.45, 7) is 8.90. The molecule has 1 aromatic heterocycles. The van der Waals surface area contributed by atoms with Crippen LogP contribution in [0.1, 0.15) is 49.9 Å². The molecule has 0 aliphatic carbocycles. The van der Waals surface area contributed by atoms with Crippen LogP contribution in [-0.4, -0.2) is 27.4 Å². The summed E-state index contributed by atoms with van der Waals surface area (Å²) in [7, 11) is 0. The summed E-state index contributed by atoms with van der Waals surface area (Å²) in [6, 6.07) is 20.7. The van der Waals surface area contributed by atoms with Crippen molar-refractivity contribution in [2.75, 3.05) is 6.73 Å². The molecule has 4 rings (SSSR count). The zero-order chi connectivity index (χ0) is 24.3. The maximum absolute atomic E-state index is 12.2. The number of aliphatic hydroxyl groups excluding tert-OH is 1. The van der Waals surface area contributed by atoms with E-state index >= 15 is 0 Å². The highest BCUT2D eigenvalue weighted by Gasteiger charge is 2.35. The van der Waals surface area contributed by atoms with E-state index in [4.69, 9.17) is 4.74 Å². The number of aryl methyl sites for hydroxylation is 2. The van der Waals surface area contributed by atoms with Gasteiger partial charge in [-0.3, -0.25) is 4.79 Å². The Balaban J connectivity index is 1.54. The zero-order valence-electron chi connectivity index (χ0n) is 20.4. The van der Waals surface area contributed by atoms with Crippen molar-refractivity contribution < 1.29 is 9.84 Å². The second-order valence-electron chi connectivity index (χ2n) is 9.21. The van der Waals surface area contributed by atoms with Gasteiger partial charge in [0.2, 0.25) is 0 Å². The van der Waals surface area contributed by atoms with Gasteiger partial charge in [-0.25, -0.2) is 0 Å². The van der Waals surface area contributed by atoms with Crippen molar-refractivity contribution in [2.24, 2.45) is 0 Å². The molecule has 0 spiro atoms. The van der Waals surface area contributed by atoms with Crippen LogP contribution >= 0.6 is 0 Å². The van der Waals surface area contributed by atoms with Gasteiger partial charge in [-0.15, -0.1) is 0 Å².